The minimum absolute atomic E-state index is 0.0696. The van der Waals surface area contributed by atoms with Gasteiger partial charge in [0, 0.05) is 13.2 Å². The van der Waals surface area contributed by atoms with Crippen molar-refractivity contribution in [2.45, 2.75) is 57.8 Å². The molecule has 0 aromatic carbocycles. The lowest BCUT2D eigenvalue weighted by Crippen LogP contribution is -2.45. The highest BCUT2D eigenvalue weighted by Gasteiger charge is 2.35. The Morgan fingerprint density at radius 1 is 1.53 bits per heavy atom. The molecule has 5 nitrogen and oxygen atoms in total. The molecule has 0 spiro atoms. The molecule has 1 aliphatic rings. The molecule has 0 aromatic heterocycles. The van der Waals surface area contributed by atoms with Gasteiger partial charge in [0.15, 0.2) is 0 Å². The number of aliphatic hydroxyl groups excluding tert-OH is 2. The minimum atomic E-state index is -0.671. The summed E-state index contributed by atoms with van der Waals surface area (Å²) in [6.45, 7) is 6.00. The van der Waals surface area contributed by atoms with Crippen LogP contribution in [-0.2, 0) is 4.74 Å². The summed E-state index contributed by atoms with van der Waals surface area (Å²) in [5.74, 6) is 0. The average molecular weight is 245 g/mol. The van der Waals surface area contributed by atoms with Crippen molar-refractivity contribution in [2.24, 2.45) is 0 Å². The van der Waals surface area contributed by atoms with Crippen LogP contribution < -0.4 is 0 Å². The van der Waals surface area contributed by atoms with Crippen LogP contribution >= 0.6 is 0 Å². The molecule has 0 unspecified atom stereocenters. The number of likely N-dealkylation sites (tertiary alicyclic amines) is 1. The maximum Gasteiger partial charge on any atom is 0.410 e. The van der Waals surface area contributed by atoms with E-state index >= 15 is 0 Å². The van der Waals surface area contributed by atoms with Gasteiger partial charge in [-0.1, -0.05) is 0 Å². The molecule has 1 heterocycles. The first-order valence-electron chi connectivity index (χ1n) is 6.13. The normalized spacial score (nSPS) is 22.6. The van der Waals surface area contributed by atoms with Gasteiger partial charge in [0.25, 0.3) is 0 Å². The smallest absolute Gasteiger partial charge is 0.410 e. The van der Waals surface area contributed by atoms with E-state index in [0.717, 1.165) is 12.8 Å². The maximum absolute atomic E-state index is 11.9. The second-order valence-electron chi connectivity index (χ2n) is 5.46. The van der Waals surface area contributed by atoms with Crippen molar-refractivity contribution in [2.75, 3.05) is 13.2 Å². The highest BCUT2D eigenvalue weighted by atomic mass is 16.6. The second-order valence-corrected chi connectivity index (χ2v) is 5.46. The molecule has 0 bridgehead atoms. The van der Waals surface area contributed by atoms with Gasteiger partial charge in [-0.3, -0.25) is 0 Å². The van der Waals surface area contributed by atoms with Gasteiger partial charge in [0.2, 0.25) is 0 Å². The van der Waals surface area contributed by atoms with Crippen molar-refractivity contribution >= 4 is 6.09 Å². The lowest BCUT2D eigenvalue weighted by molar-refractivity contribution is 0.00115. The lowest BCUT2D eigenvalue weighted by atomic mass is 10.1. The van der Waals surface area contributed by atoms with E-state index in [1.807, 2.05) is 20.8 Å². The monoisotopic (exact) mass is 245 g/mol. The number of ether oxygens (including phenoxy) is 1. The first-order valence-corrected chi connectivity index (χ1v) is 6.13. The van der Waals surface area contributed by atoms with Gasteiger partial charge in [-0.15, -0.1) is 0 Å². The molecule has 0 aliphatic carbocycles. The summed E-state index contributed by atoms with van der Waals surface area (Å²) in [5.41, 5.74) is -0.522. The van der Waals surface area contributed by atoms with Crippen LogP contribution in [0.4, 0.5) is 4.79 Å². The van der Waals surface area contributed by atoms with Crippen LogP contribution in [0, 0.1) is 0 Å². The largest absolute Gasteiger partial charge is 0.444 e. The predicted molar refractivity (Wildman–Crippen MR) is 63.7 cm³/mol. The van der Waals surface area contributed by atoms with Crippen molar-refractivity contribution in [3.8, 4) is 0 Å². The summed E-state index contributed by atoms with van der Waals surface area (Å²) in [6.07, 6.45) is 0.878. The molecular weight excluding hydrogens is 222 g/mol. The molecule has 5 heteroatoms. The first kappa shape index (κ1) is 14.3. The molecular formula is C12H23NO4. The number of hydrogen-bond acceptors (Lipinski definition) is 4. The highest BCUT2D eigenvalue weighted by molar-refractivity contribution is 5.69. The van der Waals surface area contributed by atoms with E-state index in [9.17, 15) is 9.90 Å². The molecule has 2 N–H and O–H groups in total. The number of nitrogens with zero attached hydrogens (tertiary/aromatic N) is 1. The van der Waals surface area contributed by atoms with Crippen LogP contribution in [0.25, 0.3) is 0 Å². The predicted octanol–water partition coefficient (Wildman–Crippen LogP) is 1.13. The Morgan fingerprint density at radius 3 is 2.71 bits per heavy atom. The van der Waals surface area contributed by atoms with Crippen LogP contribution in [0.1, 0.15) is 40.0 Å². The maximum atomic E-state index is 11.9. The third-order valence-corrected chi connectivity index (χ3v) is 2.80. The number of rotatable bonds is 3. The molecule has 17 heavy (non-hydrogen) atoms. The zero-order valence-corrected chi connectivity index (χ0v) is 10.8. The summed E-state index contributed by atoms with van der Waals surface area (Å²) < 4.78 is 5.29. The fourth-order valence-corrected chi connectivity index (χ4v) is 2.06. The molecule has 0 aromatic rings. The van der Waals surface area contributed by atoms with E-state index < -0.39 is 11.7 Å². The Hall–Kier alpha value is -0.810. The van der Waals surface area contributed by atoms with Crippen molar-refractivity contribution in [1.29, 1.82) is 0 Å². The third-order valence-electron chi connectivity index (χ3n) is 2.80. The zero-order valence-electron chi connectivity index (χ0n) is 10.8. The van der Waals surface area contributed by atoms with E-state index in [1.54, 1.807) is 4.90 Å². The second kappa shape index (κ2) is 5.69. The van der Waals surface area contributed by atoms with E-state index in [-0.39, 0.29) is 18.7 Å². The number of carbonyl (C=O) groups excluding carboxylic acids is 1. The van der Waals surface area contributed by atoms with E-state index in [1.165, 1.54) is 0 Å². The van der Waals surface area contributed by atoms with Crippen LogP contribution in [-0.4, -0.2) is 52.1 Å². The third kappa shape index (κ3) is 4.16. The molecule has 1 aliphatic heterocycles. The van der Waals surface area contributed by atoms with Crippen LogP contribution in [0.5, 0.6) is 0 Å². The Labute approximate surface area is 102 Å². The van der Waals surface area contributed by atoms with Gasteiger partial charge < -0.3 is 19.8 Å². The molecule has 1 fully saturated rings. The lowest BCUT2D eigenvalue weighted by Gasteiger charge is -2.30. The summed E-state index contributed by atoms with van der Waals surface area (Å²) in [6, 6.07) is -0.225. The fraction of sp³-hybridized carbons (Fsp3) is 0.917. The van der Waals surface area contributed by atoms with Gasteiger partial charge in [-0.05, 0) is 40.0 Å². The number of amides is 1. The average Bonchev–Trinajstić information content (AvgIpc) is 2.63. The van der Waals surface area contributed by atoms with Gasteiger partial charge in [-0.2, -0.15) is 0 Å². The van der Waals surface area contributed by atoms with Crippen molar-refractivity contribution in [3.63, 3.8) is 0 Å². The number of carbonyl (C=O) groups is 1. The summed E-state index contributed by atoms with van der Waals surface area (Å²) in [4.78, 5) is 13.5. The van der Waals surface area contributed by atoms with Gasteiger partial charge >= 0.3 is 6.09 Å². The van der Waals surface area contributed by atoms with Crippen molar-refractivity contribution < 1.29 is 19.7 Å². The molecule has 1 saturated heterocycles. The Morgan fingerprint density at radius 2 is 2.18 bits per heavy atom. The van der Waals surface area contributed by atoms with E-state index in [0.29, 0.717) is 13.0 Å². The Balaban J connectivity index is 2.59. The molecule has 1 rings (SSSR count). The SMILES string of the molecule is CC(C)(C)OC(=O)N1CCC[C@@H]1[C@@H](O)CCO. The molecule has 0 saturated carbocycles. The highest BCUT2D eigenvalue weighted by Crippen LogP contribution is 2.24. The van der Waals surface area contributed by atoms with Crippen LogP contribution in [0.15, 0.2) is 0 Å². The first-order chi connectivity index (χ1) is 7.85. The Kier molecular flexibility index (Phi) is 4.77. The molecule has 2 atom stereocenters. The van der Waals surface area contributed by atoms with Crippen molar-refractivity contribution in [3.05, 3.63) is 0 Å². The molecule has 0 radical (unpaired) electrons. The molecule has 1 amide bonds. The summed E-state index contributed by atoms with van der Waals surface area (Å²) >= 11 is 0. The van der Waals surface area contributed by atoms with Gasteiger partial charge in [0.1, 0.15) is 5.60 Å². The van der Waals surface area contributed by atoms with Crippen LogP contribution in [0.2, 0.25) is 0 Å². The number of hydrogen-bond donors (Lipinski definition) is 2. The van der Waals surface area contributed by atoms with Crippen molar-refractivity contribution in [1.82, 2.24) is 4.90 Å². The van der Waals surface area contributed by atoms with E-state index in [4.69, 9.17) is 9.84 Å². The topological polar surface area (TPSA) is 70.0 Å². The number of aliphatic hydroxyl groups is 2. The molecule has 100 valence electrons. The Bertz CT molecular complexity index is 262. The van der Waals surface area contributed by atoms with Gasteiger partial charge in [0.05, 0.1) is 12.1 Å². The summed E-state index contributed by atoms with van der Waals surface area (Å²) in [5, 5.41) is 18.7. The van der Waals surface area contributed by atoms with Gasteiger partial charge in [-0.25, -0.2) is 4.79 Å². The standard InChI is InChI=1S/C12H23NO4/c1-12(2,3)17-11(16)13-7-4-5-9(13)10(15)6-8-14/h9-10,14-15H,4-8H2,1-3H3/t9-,10+/m1/s1. The van der Waals surface area contributed by atoms with E-state index in [2.05, 4.69) is 0 Å². The fourth-order valence-electron chi connectivity index (χ4n) is 2.06. The van der Waals surface area contributed by atoms with Crippen LogP contribution in [0.3, 0.4) is 0 Å². The summed E-state index contributed by atoms with van der Waals surface area (Å²) in [7, 11) is 0. The quantitative estimate of drug-likeness (QED) is 0.782. The zero-order chi connectivity index (χ0) is 13.1. The minimum Gasteiger partial charge on any atom is -0.444 e.